The number of pyridine rings is 1. The average Bonchev–Trinajstić information content (AvgIpc) is 2.76. The number of hydrogen-bond acceptors (Lipinski definition) is 4. The molecule has 2 rings (SSSR count). The van der Waals surface area contributed by atoms with Gasteiger partial charge in [0.25, 0.3) is 0 Å². The van der Waals surface area contributed by atoms with Crippen molar-refractivity contribution in [1.82, 2.24) is 20.1 Å². The molecule has 2 aromatic heterocycles. The average molecular weight is 227 g/mol. The van der Waals surface area contributed by atoms with E-state index >= 15 is 0 Å². The monoisotopic (exact) mass is 227 g/mol. The molecule has 86 valence electrons. The fourth-order valence-electron chi connectivity index (χ4n) is 1.59. The van der Waals surface area contributed by atoms with Crippen molar-refractivity contribution in [2.75, 3.05) is 0 Å². The number of nitriles is 1. The van der Waals surface area contributed by atoms with Crippen LogP contribution in [0, 0.1) is 11.3 Å². The van der Waals surface area contributed by atoms with Crippen LogP contribution in [-0.4, -0.2) is 14.8 Å². The summed E-state index contributed by atoms with van der Waals surface area (Å²) in [4.78, 5) is 4.01. The van der Waals surface area contributed by atoms with Gasteiger partial charge in [-0.25, -0.2) is 4.98 Å². The molecular weight excluding hydrogens is 214 g/mol. The largest absolute Gasteiger partial charge is 0.308 e. The van der Waals surface area contributed by atoms with E-state index in [0.717, 1.165) is 17.7 Å². The highest BCUT2D eigenvalue weighted by molar-refractivity contribution is 5.30. The molecule has 0 aliphatic carbocycles. The van der Waals surface area contributed by atoms with Gasteiger partial charge in [-0.15, -0.1) is 0 Å². The van der Waals surface area contributed by atoms with Crippen molar-refractivity contribution in [2.45, 2.75) is 13.1 Å². The molecule has 1 N–H and O–H groups in total. The summed E-state index contributed by atoms with van der Waals surface area (Å²) in [5, 5.41) is 16.2. The highest BCUT2D eigenvalue weighted by Crippen LogP contribution is 2.04. The molecular formula is C12H13N5. The molecule has 0 spiro atoms. The minimum atomic E-state index is 0.478. The molecule has 0 saturated heterocycles. The van der Waals surface area contributed by atoms with Crippen molar-refractivity contribution >= 4 is 0 Å². The number of hydrogen-bond donors (Lipinski definition) is 1. The molecule has 0 fully saturated rings. The summed E-state index contributed by atoms with van der Waals surface area (Å²) in [5.41, 5.74) is 2.51. The van der Waals surface area contributed by atoms with E-state index in [0.29, 0.717) is 12.2 Å². The van der Waals surface area contributed by atoms with Crippen LogP contribution in [0.25, 0.3) is 0 Å². The predicted molar refractivity (Wildman–Crippen MR) is 62.7 cm³/mol. The molecule has 0 amide bonds. The zero-order valence-electron chi connectivity index (χ0n) is 9.59. The van der Waals surface area contributed by atoms with Crippen LogP contribution in [0.5, 0.6) is 0 Å². The summed E-state index contributed by atoms with van der Waals surface area (Å²) < 4.78 is 1.77. The first-order valence-electron chi connectivity index (χ1n) is 5.32. The fourth-order valence-corrected chi connectivity index (χ4v) is 1.59. The van der Waals surface area contributed by atoms with Crippen LogP contribution < -0.4 is 5.32 Å². The first-order chi connectivity index (χ1) is 8.29. The summed E-state index contributed by atoms with van der Waals surface area (Å²) in [6.07, 6.45) is 5.41. The molecule has 2 aromatic rings. The number of aryl methyl sites for hydroxylation is 1. The third-order valence-electron chi connectivity index (χ3n) is 2.40. The van der Waals surface area contributed by atoms with E-state index in [4.69, 9.17) is 5.26 Å². The third-order valence-corrected chi connectivity index (χ3v) is 2.40. The van der Waals surface area contributed by atoms with Crippen LogP contribution in [0.1, 0.15) is 16.8 Å². The number of nitrogens with zero attached hydrogens (tertiary/aromatic N) is 4. The lowest BCUT2D eigenvalue weighted by molar-refractivity contribution is 0.688. The Morgan fingerprint density at radius 1 is 1.47 bits per heavy atom. The van der Waals surface area contributed by atoms with Gasteiger partial charge in [0.2, 0.25) is 0 Å². The maximum atomic E-state index is 8.88. The van der Waals surface area contributed by atoms with E-state index in [1.807, 2.05) is 31.6 Å². The Hall–Kier alpha value is -2.19. The summed E-state index contributed by atoms with van der Waals surface area (Å²) in [5.74, 6) is 0. The predicted octanol–water partition coefficient (Wildman–Crippen LogP) is 0.977. The topological polar surface area (TPSA) is 66.5 Å². The van der Waals surface area contributed by atoms with Crippen LogP contribution in [0.2, 0.25) is 0 Å². The van der Waals surface area contributed by atoms with Gasteiger partial charge >= 0.3 is 0 Å². The second-order valence-electron chi connectivity index (χ2n) is 3.75. The highest BCUT2D eigenvalue weighted by atomic mass is 15.2. The molecule has 0 saturated carbocycles. The Morgan fingerprint density at radius 2 is 2.35 bits per heavy atom. The zero-order valence-corrected chi connectivity index (χ0v) is 9.59. The standard InChI is InChI=1S/C12H13N5/c1-17-9-10(7-16-17)6-14-8-11-3-2-4-15-12(11)5-13/h2-4,7,9,14H,6,8H2,1H3. The van der Waals surface area contributed by atoms with E-state index in [1.54, 1.807) is 10.9 Å². The maximum absolute atomic E-state index is 8.88. The van der Waals surface area contributed by atoms with Gasteiger partial charge in [-0.05, 0) is 6.07 Å². The van der Waals surface area contributed by atoms with E-state index in [2.05, 4.69) is 21.5 Å². The van der Waals surface area contributed by atoms with Gasteiger partial charge in [0.05, 0.1) is 6.20 Å². The zero-order chi connectivity index (χ0) is 12.1. The molecule has 0 aliphatic heterocycles. The van der Waals surface area contributed by atoms with Crippen molar-refractivity contribution in [3.05, 3.63) is 47.5 Å². The van der Waals surface area contributed by atoms with Gasteiger partial charge in [-0.3, -0.25) is 4.68 Å². The number of rotatable bonds is 4. The highest BCUT2D eigenvalue weighted by Gasteiger charge is 2.02. The minimum Gasteiger partial charge on any atom is -0.308 e. The normalized spacial score (nSPS) is 10.1. The van der Waals surface area contributed by atoms with Gasteiger partial charge < -0.3 is 5.32 Å². The van der Waals surface area contributed by atoms with Crippen molar-refractivity contribution in [3.63, 3.8) is 0 Å². The van der Waals surface area contributed by atoms with Gasteiger partial charge in [-0.1, -0.05) is 6.07 Å². The van der Waals surface area contributed by atoms with E-state index < -0.39 is 0 Å². The lowest BCUT2D eigenvalue weighted by atomic mass is 10.2. The smallest absolute Gasteiger partial charge is 0.144 e. The van der Waals surface area contributed by atoms with Crippen molar-refractivity contribution in [2.24, 2.45) is 7.05 Å². The Kier molecular flexibility index (Phi) is 3.48. The molecule has 17 heavy (non-hydrogen) atoms. The van der Waals surface area contributed by atoms with Gasteiger partial charge in [-0.2, -0.15) is 10.4 Å². The minimum absolute atomic E-state index is 0.478. The maximum Gasteiger partial charge on any atom is 0.144 e. The number of nitrogens with one attached hydrogen (secondary N) is 1. The molecule has 0 aromatic carbocycles. The van der Waals surface area contributed by atoms with Crippen LogP contribution in [0.15, 0.2) is 30.7 Å². The van der Waals surface area contributed by atoms with Gasteiger partial charge in [0.1, 0.15) is 11.8 Å². The summed E-state index contributed by atoms with van der Waals surface area (Å²) >= 11 is 0. The van der Waals surface area contributed by atoms with Crippen LogP contribution in [0.3, 0.4) is 0 Å². The van der Waals surface area contributed by atoms with Crippen molar-refractivity contribution in [3.8, 4) is 6.07 Å². The Balaban J connectivity index is 1.92. The molecule has 0 radical (unpaired) electrons. The van der Waals surface area contributed by atoms with E-state index in [1.165, 1.54) is 0 Å². The Bertz CT molecular complexity index is 538. The van der Waals surface area contributed by atoms with Crippen LogP contribution in [-0.2, 0) is 20.1 Å². The van der Waals surface area contributed by atoms with E-state index in [-0.39, 0.29) is 0 Å². The lowest BCUT2D eigenvalue weighted by Crippen LogP contribution is -2.13. The van der Waals surface area contributed by atoms with Gasteiger partial charge in [0.15, 0.2) is 0 Å². The molecule has 0 unspecified atom stereocenters. The summed E-state index contributed by atoms with van der Waals surface area (Å²) in [7, 11) is 1.89. The molecule has 0 atom stereocenters. The molecule has 5 heteroatoms. The Morgan fingerprint density at radius 3 is 3.06 bits per heavy atom. The fraction of sp³-hybridized carbons (Fsp3) is 0.250. The number of aromatic nitrogens is 3. The lowest BCUT2D eigenvalue weighted by Gasteiger charge is -2.04. The third kappa shape index (κ3) is 2.89. The quantitative estimate of drug-likeness (QED) is 0.845. The molecule has 0 aliphatic rings. The second-order valence-corrected chi connectivity index (χ2v) is 3.75. The Labute approximate surface area is 99.7 Å². The molecule has 5 nitrogen and oxygen atoms in total. The van der Waals surface area contributed by atoms with Crippen molar-refractivity contribution < 1.29 is 0 Å². The van der Waals surface area contributed by atoms with Crippen LogP contribution >= 0.6 is 0 Å². The first-order valence-corrected chi connectivity index (χ1v) is 5.32. The summed E-state index contributed by atoms with van der Waals surface area (Å²) in [6.45, 7) is 1.36. The second kappa shape index (κ2) is 5.23. The summed E-state index contributed by atoms with van der Waals surface area (Å²) in [6, 6.07) is 5.82. The molecule has 2 heterocycles. The van der Waals surface area contributed by atoms with Crippen molar-refractivity contribution in [1.29, 1.82) is 5.26 Å². The SMILES string of the molecule is Cn1cc(CNCc2cccnc2C#N)cn1. The first kappa shape index (κ1) is 11.3. The van der Waals surface area contributed by atoms with Crippen LogP contribution in [0.4, 0.5) is 0 Å². The van der Waals surface area contributed by atoms with Gasteiger partial charge in [0, 0.05) is 43.7 Å². The van der Waals surface area contributed by atoms with E-state index in [9.17, 15) is 0 Å². The molecule has 0 bridgehead atoms.